The van der Waals surface area contributed by atoms with Gasteiger partial charge >= 0.3 is 0 Å². The van der Waals surface area contributed by atoms with Crippen molar-refractivity contribution >= 4 is 16.7 Å². The Hall–Kier alpha value is -1.47. The summed E-state index contributed by atoms with van der Waals surface area (Å²) in [6.07, 6.45) is 4.77. The quantitative estimate of drug-likeness (QED) is 0.846. The zero-order chi connectivity index (χ0) is 13.9. The van der Waals surface area contributed by atoms with Crippen molar-refractivity contribution in [2.75, 3.05) is 31.1 Å². The number of anilines is 1. The Morgan fingerprint density at radius 3 is 2.65 bits per heavy atom. The molecule has 1 aliphatic heterocycles. The predicted molar refractivity (Wildman–Crippen MR) is 80.0 cm³/mol. The maximum absolute atomic E-state index is 4.57. The van der Waals surface area contributed by atoms with Crippen LogP contribution in [0.3, 0.4) is 0 Å². The van der Waals surface area contributed by atoms with Crippen molar-refractivity contribution in [1.82, 2.24) is 23.8 Å². The molecule has 2 aromatic rings. The third-order valence-electron chi connectivity index (χ3n) is 3.70. The fourth-order valence-corrected chi connectivity index (χ4v) is 3.16. The van der Waals surface area contributed by atoms with Gasteiger partial charge in [0, 0.05) is 63.6 Å². The molecular formula is C13H20N6S. The van der Waals surface area contributed by atoms with E-state index in [1.807, 2.05) is 19.4 Å². The minimum Gasteiger partial charge on any atom is -0.344 e. The molecule has 20 heavy (non-hydrogen) atoms. The van der Waals surface area contributed by atoms with Gasteiger partial charge in [-0.3, -0.25) is 4.90 Å². The zero-order valence-electron chi connectivity index (χ0n) is 12.0. The van der Waals surface area contributed by atoms with Crippen LogP contribution in [0.4, 0.5) is 5.13 Å². The van der Waals surface area contributed by atoms with Crippen molar-refractivity contribution in [3.05, 3.63) is 24.0 Å². The first-order valence-electron chi connectivity index (χ1n) is 7.02. The van der Waals surface area contributed by atoms with Crippen LogP contribution in [0.15, 0.2) is 12.4 Å². The molecule has 2 aromatic heterocycles. The summed E-state index contributed by atoms with van der Waals surface area (Å²) in [5.41, 5.74) is 0. The van der Waals surface area contributed by atoms with E-state index < -0.39 is 0 Å². The summed E-state index contributed by atoms with van der Waals surface area (Å²) >= 11 is 1.52. The molecule has 1 aliphatic rings. The molecule has 0 unspecified atom stereocenters. The number of aryl methyl sites for hydroxylation is 2. The molecule has 1 saturated heterocycles. The molecule has 3 rings (SSSR count). The number of hydrogen-bond acceptors (Lipinski definition) is 6. The van der Waals surface area contributed by atoms with Crippen molar-refractivity contribution in [3.8, 4) is 0 Å². The van der Waals surface area contributed by atoms with E-state index in [2.05, 4.69) is 35.6 Å². The van der Waals surface area contributed by atoms with Gasteiger partial charge in [0.05, 0.1) is 6.54 Å². The van der Waals surface area contributed by atoms with E-state index in [1.54, 1.807) is 0 Å². The third kappa shape index (κ3) is 2.83. The maximum atomic E-state index is 4.57. The number of aromatic nitrogens is 4. The normalized spacial score (nSPS) is 16.8. The van der Waals surface area contributed by atoms with Crippen molar-refractivity contribution in [2.24, 2.45) is 7.05 Å². The summed E-state index contributed by atoms with van der Waals surface area (Å²) < 4.78 is 6.45. The lowest BCUT2D eigenvalue weighted by molar-refractivity contribution is 0.242. The van der Waals surface area contributed by atoms with E-state index in [0.29, 0.717) is 0 Å². The summed E-state index contributed by atoms with van der Waals surface area (Å²) in [7, 11) is 2.05. The summed E-state index contributed by atoms with van der Waals surface area (Å²) in [4.78, 5) is 13.7. The molecule has 7 heteroatoms. The summed E-state index contributed by atoms with van der Waals surface area (Å²) in [5.74, 6) is 2.09. The molecule has 0 radical (unpaired) electrons. The second-order valence-corrected chi connectivity index (χ2v) is 5.79. The highest BCUT2D eigenvalue weighted by atomic mass is 32.1. The van der Waals surface area contributed by atoms with E-state index in [1.165, 1.54) is 11.5 Å². The lowest BCUT2D eigenvalue weighted by Gasteiger charge is -2.34. The molecule has 0 saturated carbocycles. The monoisotopic (exact) mass is 292 g/mol. The van der Waals surface area contributed by atoms with Gasteiger partial charge in [-0.25, -0.2) is 9.97 Å². The first-order valence-corrected chi connectivity index (χ1v) is 7.79. The minimum absolute atomic E-state index is 0.912. The van der Waals surface area contributed by atoms with E-state index in [9.17, 15) is 0 Å². The van der Waals surface area contributed by atoms with E-state index in [-0.39, 0.29) is 0 Å². The lowest BCUT2D eigenvalue weighted by atomic mass is 10.3. The standard InChI is InChI=1S/C13H20N6S/c1-3-11-15-13(20-16-11)19-8-6-18(7-9-19)10-12-14-4-5-17(12)2/h4-5H,3,6-10H2,1-2H3. The van der Waals surface area contributed by atoms with E-state index >= 15 is 0 Å². The molecule has 6 nitrogen and oxygen atoms in total. The fourth-order valence-electron chi connectivity index (χ4n) is 2.36. The number of hydrogen-bond donors (Lipinski definition) is 0. The SMILES string of the molecule is CCc1nsc(N2CCN(Cc3nccn3C)CC2)n1. The zero-order valence-corrected chi connectivity index (χ0v) is 12.8. The molecule has 0 amide bonds. The van der Waals surface area contributed by atoms with Crippen molar-refractivity contribution in [2.45, 2.75) is 19.9 Å². The van der Waals surface area contributed by atoms with Gasteiger partial charge in [-0.2, -0.15) is 4.37 Å². The second kappa shape index (κ2) is 5.88. The van der Waals surface area contributed by atoms with Crippen molar-refractivity contribution < 1.29 is 0 Å². The van der Waals surface area contributed by atoms with Gasteiger partial charge < -0.3 is 9.47 Å². The van der Waals surface area contributed by atoms with Gasteiger partial charge in [-0.05, 0) is 0 Å². The predicted octanol–water partition coefficient (Wildman–Crippen LogP) is 1.16. The van der Waals surface area contributed by atoms with Gasteiger partial charge in [-0.15, -0.1) is 0 Å². The van der Waals surface area contributed by atoms with E-state index in [4.69, 9.17) is 0 Å². The van der Waals surface area contributed by atoms with Crippen LogP contribution in [0.2, 0.25) is 0 Å². The van der Waals surface area contributed by atoms with Crippen molar-refractivity contribution in [3.63, 3.8) is 0 Å². The van der Waals surface area contributed by atoms with E-state index in [0.717, 1.165) is 55.9 Å². The molecule has 0 bridgehead atoms. The Bertz CT molecular complexity index is 555. The van der Waals surface area contributed by atoms with Crippen LogP contribution >= 0.6 is 11.5 Å². The summed E-state index contributed by atoms with van der Waals surface area (Å²) in [6, 6.07) is 0. The lowest BCUT2D eigenvalue weighted by Crippen LogP contribution is -2.46. The molecular weight excluding hydrogens is 272 g/mol. The molecule has 0 aromatic carbocycles. The van der Waals surface area contributed by atoms with Gasteiger partial charge in [0.25, 0.3) is 0 Å². The summed E-state index contributed by atoms with van der Waals surface area (Å²) in [5, 5.41) is 1.07. The topological polar surface area (TPSA) is 50.1 Å². The van der Waals surface area contributed by atoms with Gasteiger partial charge in [-0.1, -0.05) is 6.92 Å². The van der Waals surface area contributed by atoms with Crippen LogP contribution in [-0.2, 0) is 20.0 Å². The number of piperazine rings is 1. The smallest absolute Gasteiger partial charge is 0.205 e. The van der Waals surface area contributed by atoms with Gasteiger partial charge in [0.2, 0.25) is 5.13 Å². The molecule has 0 N–H and O–H groups in total. The largest absolute Gasteiger partial charge is 0.344 e. The Morgan fingerprint density at radius 1 is 1.25 bits per heavy atom. The maximum Gasteiger partial charge on any atom is 0.205 e. The summed E-state index contributed by atoms with van der Waals surface area (Å²) in [6.45, 7) is 7.15. The van der Waals surface area contributed by atoms with Crippen LogP contribution in [0.5, 0.6) is 0 Å². The molecule has 0 spiro atoms. The van der Waals surface area contributed by atoms with Crippen LogP contribution in [-0.4, -0.2) is 50.0 Å². The van der Waals surface area contributed by atoms with Gasteiger partial charge in [0.15, 0.2) is 0 Å². The van der Waals surface area contributed by atoms with Crippen LogP contribution in [0.25, 0.3) is 0 Å². The fraction of sp³-hybridized carbons (Fsp3) is 0.615. The molecule has 3 heterocycles. The highest BCUT2D eigenvalue weighted by Gasteiger charge is 2.20. The molecule has 108 valence electrons. The Kier molecular flexibility index (Phi) is 3.98. The van der Waals surface area contributed by atoms with Gasteiger partial charge in [0.1, 0.15) is 11.6 Å². The van der Waals surface area contributed by atoms with Crippen LogP contribution in [0, 0.1) is 0 Å². The van der Waals surface area contributed by atoms with Crippen LogP contribution < -0.4 is 4.90 Å². The molecule has 0 aliphatic carbocycles. The van der Waals surface area contributed by atoms with Crippen molar-refractivity contribution in [1.29, 1.82) is 0 Å². The Balaban J connectivity index is 1.55. The highest BCUT2D eigenvalue weighted by molar-refractivity contribution is 7.09. The first-order chi connectivity index (χ1) is 9.76. The number of nitrogens with zero attached hydrogens (tertiary/aromatic N) is 6. The first kappa shape index (κ1) is 13.5. The highest BCUT2D eigenvalue weighted by Crippen LogP contribution is 2.19. The Morgan fingerprint density at radius 2 is 2.05 bits per heavy atom. The molecule has 1 fully saturated rings. The number of rotatable bonds is 4. The minimum atomic E-state index is 0.912. The Labute approximate surface area is 123 Å². The molecule has 0 atom stereocenters. The second-order valence-electron chi connectivity index (χ2n) is 5.06. The number of imidazole rings is 1. The van der Waals surface area contributed by atoms with Crippen LogP contribution in [0.1, 0.15) is 18.6 Å². The third-order valence-corrected chi connectivity index (χ3v) is 4.52. The average molecular weight is 292 g/mol. The average Bonchev–Trinajstić information content (AvgIpc) is 3.10.